The molecule has 0 unspecified atom stereocenters. The number of hydrogen-bond donors (Lipinski definition) is 0. The van der Waals surface area contributed by atoms with Gasteiger partial charge in [0.15, 0.2) is 0 Å². The number of rotatable bonds is 4. The molecule has 0 fully saturated rings. The Balaban J connectivity index is 0. The van der Waals surface area contributed by atoms with Gasteiger partial charge in [0.25, 0.3) is 0 Å². The Hall–Kier alpha value is -0.761. The second kappa shape index (κ2) is 11.3. The fourth-order valence-corrected chi connectivity index (χ4v) is 0.755. The quantitative estimate of drug-likeness (QED) is 0.250. The Kier molecular flexibility index (Phi) is 12.3. The molecule has 0 aliphatic rings. The first-order valence-corrected chi connectivity index (χ1v) is 5.66. The zero-order valence-corrected chi connectivity index (χ0v) is 13.1. The van der Waals surface area contributed by atoms with Crippen LogP contribution in [0.3, 0.4) is 0 Å². The number of amidine groups is 1. The third kappa shape index (κ3) is 10.4. The summed E-state index contributed by atoms with van der Waals surface area (Å²) in [6.07, 6.45) is 1.42. The van der Waals surface area contributed by atoms with E-state index in [0.717, 1.165) is 0 Å². The van der Waals surface area contributed by atoms with E-state index in [-0.39, 0.29) is 22.3 Å². The van der Waals surface area contributed by atoms with E-state index in [9.17, 15) is 0 Å². The summed E-state index contributed by atoms with van der Waals surface area (Å²) < 4.78 is 4.91. The summed E-state index contributed by atoms with van der Waals surface area (Å²) in [6.45, 7) is 4.02. The maximum absolute atomic E-state index is 4.93. The van der Waals surface area contributed by atoms with Gasteiger partial charge in [0.1, 0.15) is 0 Å². The van der Waals surface area contributed by atoms with Crippen LogP contribution in [0, 0.1) is 0 Å². The molecule has 0 atom stereocenters. The van der Waals surface area contributed by atoms with Crippen molar-refractivity contribution in [2.24, 2.45) is 20.4 Å². The van der Waals surface area contributed by atoms with E-state index in [1.54, 1.807) is 25.9 Å². The molecule has 0 amide bonds. The molecule has 1 radical (unpaired) electrons. The van der Waals surface area contributed by atoms with E-state index >= 15 is 0 Å². The summed E-state index contributed by atoms with van der Waals surface area (Å²) in [5.41, 5.74) is 0.567. The van der Waals surface area contributed by atoms with Crippen molar-refractivity contribution in [3.05, 3.63) is 0 Å². The molecule has 9 heteroatoms. The SMILES string of the molecule is CCO/C([S-])=N/N=C/C(C)=N/N=C(\[S-])N(C)C.[Cu+2]. The molecule has 0 aromatic carbocycles. The molecule has 0 aliphatic heterocycles. The average molecular weight is 337 g/mol. The molecule has 0 heterocycles. The molecular weight excluding hydrogens is 322 g/mol. The van der Waals surface area contributed by atoms with E-state index in [2.05, 4.69) is 20.4 Å². The third-order valence-electron chi connectivity index (χ3n) is 1.33. The van der Waals surface area contributed by atoms with Crippen molar-refractivity contribution in [2.45, 2.75) is 13.8 Å². The molecule has 0 aromatic rings. The number of hydrogen-bond acceptors (Lipinski definition) is 7. The summed E-state index contributed by atoms with van der Waals surface area (Å²) in [6, 6.07) is 0. The van der Waals surface area contributed by atoms with E-state index in [1.165, 1.54) is 6.21 Å². The number of ether oxygens (including phenoxy) is 1. The first-order valence-electron chi connectivity index (χ1n) is 4.84. The van der Waals surface area contributed by atoms with Gasteiger partial charge < -0.3 is 34.9 Å². The van der Waals surface area contributed by atoms with Gasteiger partial charge in [-0.25, -0.2) is 0 Å². The van der Waals surface area contributed by atoms with Crippen LogP contribution in [-0.2, 0) is 47.1 Å². The van der Waals surface area contributed by atoms with Crippen LogP contribution in [0.4, 0.5) is 0 Å². The van der Waals surface area contributed by atoms with E-state index in [4.69, 9.17) is 30.0 Å². The smallest absolute Gasteiger partial charge is 0.741 e. The summed E-state index contributed by atoms with van der Waals surface area (Å²) in [5.74, 6) is 0. The molecule has 0 saturated carbocycles. The van der Waals surface area contributed by atoms with Crippen LogP contribution >= 0.6 is 0 Å². The second-order valence-electron chi connectivity index (χ2n) is 3.06. The largest absolute Gasteiger partial charge is 2.00 e. The maximum Gasteiger partial charge on any atom is 2.00 e. The van der Waals surface area contributed by atoms with Gasteiger partial charge in [-0.3, -0.25) is 0 Å². The Labute approximate surface area is 129 Å². The molecule has 6 nitrogen and oxygen atoms in total. The molecule has 0 aromatic heterocycles. The second-order valence-corrected chi connectivity index (χ2v) is 3.78. The van der Waals surface area contributed by atoms with Crippen molar-refractivity contribution >= 4 is 47.6 Å². The van der Waals surface area contributed by atoms with Crippen LogP contribution in [-0.4, -0.2) is 47.9 Å². The predicted octanol–water partition coefficient (Wildman–Crippen LogP) is 0.750. The average Bonchev–Trinajstić information content (AvgIpc) is 2.26. The molecular formula is C9H15CuN5OS2. The molecule has 105 valence electrons. The first kappa shape index (κ1) is 19.6. The molecule has 18 heavy (non-hydrogen) atoms. The van der Waals surface area contributed by atoms with Gasteiger partial charge in [-0.2, -0.15) is 15.3 Å². The van der Waals surface area contributed by atoms with E-state index < -0.39 is 0 Å². The zero-order valence-electron chi connectivity index (χ0n) is 10.5. The van der Waals surface area contributed by atoms with Crippen molar-refractivity contribution in [3.63, 3.8) is 0 Å². The van der Waals surface area contributed by atoms with Gasteiger partial charge in [0.2, 0.25) is 0 Å². The zero-order chi connectivity index (χ0) is 13.3. The van der Waals surface area contributed by atoms with Crippen molar-refractivity contribution < 1.29 is 21.8 Å². The molecule has 0 saturated heterocycles. The normalized spacial score (nSPS) is 13.4. The fraction of sp³-hybridized carbons (Fsp3) is 0.556. The maximum atomic E-state index is 4.93. The van der Waals surface area contributed by atoms with Crippen LogP contribution in [0.5, 0.6) is 0 Å². The minimum absolute atomic E-state index is 0. The Morgan fingerprint density at radius 1 is 1.22 bits per heavy atom. The predicted molar refractivity (Wildman–Crippen MR) is 76.5 cm³/mol. The minimum Gasteiger partial charge on any atom is -0.741 e. The monoisotopic (exact) mass is 336 g/mol. The van der Waals surface area contributed by atoms with Gasteiger partial charge in [-0.05, 0) is 13.8 Å². The van der Waals surface area contributed by atoms with Crippen LogP contribution in [0.2, 0.25) is 0 Å². The number of nitrogens with zero attached hydrogens (tertiary/aromatic N) is 5. The van der Waals surface area contributed by atoms with Crippen molar-refractivity contribution in [3.8, 4) is 0 Å². The topological polar surface area (TPSA) is 61.9 Å². The van der Waals surface area contributed by atoms with E-state index in [0.29, 0.717) is 17.5 Å². The first-order chi connectivity index (χ1) is 7.97. The molecule has 0 bridgehead atoms. The minimum atomic E-state index is 0. The van der Waals surface area contributed by atoms with Gasteiger partial charge >= 0.3 is 17.1 Å². The van der Waals surface area contributed by atoms with Crippen LogP contribution in [0.1, 0.15) is 13.8 Å². The van der Waals surface area contributed by atoms with Gasteiger partial charge in [0, 0.05) is 19.3 Å². The third-order valence-corrected chi connectivity index (χ3v) is 1.97. The van der Waals surface area contributed by atoms with Crippen molar-refractivity contribution in [2.75, 3.05) is 20.7 Å². The van der Waals surface area contributed by atoms with Crippen LogP contribution in [0.25, 0.3) is 0 Å². The fourth-order valence-electron chi connectivity index (χ4n) is 0.549. The van der Waals surface area contributed by atoms with Gasteiger partial charge in [-0.15, -0.1) is 5.10 Å². The van der Waals surface area contributed by atoms with Crippen LogP contribution in [0.15, 0.2) is 20.4 Å². The Morgan fingerprint density at radius 2 is 1.83 bits per heavy atom. The summed E-state index contributed by atoms with van der Waals surface area (Å²) in [7, 11) is 3.58. The molecule has 0 aliphatic carbocycles. The van der Waals surface area contributed by atoms with Gasteiger partial charge in [0.05, 0.1) is 23.8 Å². The van der Waals surface area contributed by atoms with Gasteiger partial charge in [-0.1, -0.05) is 0 Å². The summed E-state index contributed by atoms with van der Waals surface area (Å²) in [5, 5.41) is 15.5. The van der Waals surface area contributed by atoms with Crippen LogP contribution < -0.4 is 0 Å². The molecule has 0 spiro atoms. The summed E-state index contributed by atoms with van der Waals surface area (Å²) in [4.78, 5) is 1.68. The van der Waals surface area contributed by atoms with Crippen molar-refractivity contribution in [1.82, 2.24) is 4.90 Å². The van der Waals surface area contributed by atoms with Crippen molar-refractivity contribution in [1.29, 1.82) is 0 Å². The molecule has 0 N–H and O–H groups in total. The Morgan fingerprint density at radius 3 is 2.33 bits per heavy atom. The Bertz CT molecular complexity index is 355. The van der Waals surface area contributed by atoms with E-state index in [1.807, 2.05) is 6.92 Å². The molecule has 0 rings (SSSR count). The summed E-state index contributed by atoms with van der Waals surface area (Å²) >= 11 is 9.68. The standard InChI is InChI=1S/C9H17N5OS2.Cu/c1-5-15-9(17)13-10-6-7(2)11-12-8(16)14(3)4;/h6H,5H2,1-4H3,(H,12,16)(H,13,17);/q;+2/p-2/b10-6+,11-7+;.